The monoisotopic (exact) mass is 503 g/mol. The van der Waals surface area contributed by atoms with Gasteiger partial charge in [-0.2, -0.15) is 0 Å². The van der Waals surface area contributed by atoms with Crippen molar-refractivity contribution in [2.45, 2.75) is 51.6 Å². The third-order valence-corrected chi connectivity index (χ3v) is 7.59. The van der Waals surface area contributed by atoms with Crippen molar-refractivity contribution >= 4 is 10.9 Å². The van der Waals surface area contributed by atoms with Crippen molar-refractivity contribution in [1.82, 2.24) is 14.8 Å². The van der Waals surface area contributed by atoms with Crippen LogP contribution in [0.15, 0.2) is 36.4 Å². The Balaban J connectivity index is 1.47. The van der Waals surface area contributed by atoms with Crippen molar-refractivity contribution in [3.63, 3.8) is 0 Å². The minimum absolute atomic E-state index is 0.106. The van der Waals surface area contributed by atoms with Gasteiger partial charge < -0.3 is 9.72 Å². The van der Waals surface area contributed by atoms with Crippen molar-refractivity contribution in [2.24, 2.45) is 5.92 Å². The van der Waals surface area contributed by atoms with E-state index in [0.717, 1.165) is 42.9 Å². The fraction of sp³-hybridized carbons (Fsp3) is 0.500. The summed E-state index contributed by atoms with van der Waals surface area (Å²) in [5, 5.41) is 0.948. The molecule has 0 spiro atoms. The van der Waals surface area contributed by atoms with Gasteiger partial charge in [-0.15, -0.1) is 0 Å². The van der Waals surface area contributed by atoms with E-state index in [4.69, 9.17) is 4.74 Å². The lowest BCUT2D eigenvalue weighted by molar-refractivity contribution is -0.0374. The molecule has 0 amide bonds. The van der Waals surface area contributed by atoms with Crippen LogP contribution in [0, 0.1) is 17.6 Å². The van der Waals surface area contributed by atoms with Crippen LogP contribution < -0.4 is 4.74 Å². The van der Waals surface area contributed by atoms with Crippen molar-refractivity contribution in [3.05, 3.63) is 64.9 Å². The Morgan fingerprint density at radius 2 is 1.81 bits per heavy atom. The van der Waals surface area contributed by atoms with Gasteiger partial charge in [-0.1, -0.05) is 31.5 Å². The predicted molar refractivity (Wildman–Crippen MR) is 133 cm³/mol. The first-order valence-electron chi connectivity index (χ1n) is 12.7. The number of aromatic amines is 1. The van der Waals surface area contributed by atoms with E-state index < -0.39 is 30.1 Å². The quantitative estimate of drug-likeness (QED) is 0.374. The van der Waals surface area contributed by atoms with Crippen LogP contribution in [0.5, 0.6) is 5.75 Å². The van der Waals surface area contributed by atoms with Crippen LogP contribution in [0.25, 0.3) is 10.9 Å². The van der Waals surface area contributed by atoms with Crippen LogP contribution in [0.1, 0.15) is 50.1 Å². The summed E-state index contributed by atoms with van der Waals surface area (Å²) < 4.78 is 65.3. The number of ether oxygens (including phenoxy) is 1. The van der Waals surface area contributed by atoms with E-state index in [9.17, 15) is 8.78 Å². The SMILES string of the molecule is CCC1CN(CCOc2cc(F)c([C@@H]3c4[nH]c5ccccc5c4C[C@@H](C)N3CC(C)(F)F)c(F)c2)C1. The first kappa shape index (κ1) is 25.1. The van der Waals surface area contributed by atoms with E-state index in [2.05, 4.69) is 16.8 Å². The second-order valence-electron chi connectivity index (χ2n) is 10.4. The van der Waals surface area contributed by atoms with Gasteiger partial charge in [0.25, 0.3) is 5.92 Å². The number of alkyl halides is 2. The first-order valence-corrected chi connectivity index (χ1v) is 12.7. The summed E-state index contributed by atoms with van der Waals surface area (Å²) >= 11 is 0. The topological polar surface area (TPSA) is 31.5 Å². The van der Waals surface area contributed by atoms with Crippen molar-refractivity contribution < 1.29 is 22.3 Å². The predicted octanol–water partition coefficient (Wildman–Crippen LogP) is 6.16. The molecule has 0 bridgehead atoms. The molecule has 2 aliphatic rings. The number of benzene rings is 2. The Kier molecular flexibility index (Phi) is 6.76. The molecular formula is C28H33F4N3O. The summed E-state index contributed by atoms with van der Waals surface area (Å²) in [5.41, 5.74) is 2.06. The smallest absolute Gasteiger partial charge is 0.257 e. The number of rotatable bonds is 8. The van der Waals surface area contributed by atoms with Gasteiger partial charge in [-0.05, 0) is 30.9 Å². The summed E-state index contributed by atoms with van der Waals surface area (Å²) in [6.07, 6.45) is 1.65. The molecule has 0 radical (unpaired) electrons. The Morgan fingerprint density at radius 1 is 1.11 bits per heavy atom. The highest BCUT2D eigenvalue weighted by Gasteiger charge is 2.42. The molecule has 1 aromatic heterocycles. The molecule has 1 fully saturated rings. The number of likely N-dealkylation sites (tertiary alicyclic amines) is 1. The second kappa shape index (κ2) is 9.71. The number of nitrogens with zero attached hydrogens (tertiary/aromatic N) is 2. The maximum Gasteiger partial charge on any atom is 0.257 e. The van der Waals surface area contributed by atoms with Crippen LogP contribution in [0.3, 0.4) is 0 Å². The molecule has 1 saturated heterocycles. The zero-order valence-electron chi connectivity index (χ0n) is 21.0. The highest BCUT2D eigenvalue weighted by molar-refractivity contribution is 5.85. The van der Waals surface area contributed by atoms with Crippen molar-refractivity contribution in [3.8, 4) is 5.75 Å². The van der Waals surface area contributed by atoms with Crippen LogP contribution in [-0.4, -0.2) is 59.5 Å². The number of hydrogen-bond acceptors (Lipinski definition) is 3. The molecule has 36 heavy (non-hydrogen) atoms. The van der Waals surface area contributed by atoms with E-state index in [0.29, 0.717) is 31.2 Å². The molecule has 0 saturated carbocycles. The van der Waals surface area contributed by atoms with Gasteiger partial charge in [0.1, 0.15) is 24.0 Å². The highest BCUT2D eigenvalue weighted by atomic mass is 19.3. The number of halogens is 4. The maximum atomic E-state index is 15.6. The minimum Gasteiger partial charge on any atom is -0.492 e. The Labute approximate surface area is 209 Å². The lowest BCUT2D eigenvalue weighted by Gasteiger charge is -2.42. The van der Waals surface area contributed by atoms with Gasteiger partial charge in [0, 0.05) is 66.9 Å². The highest BCUT2D eigenvalue weighted by Crippen LogP contribution is 2.43. The second-order valence-corrected chi connectivity index (χ2v) is 10.4. The zero-order chi connectivity index (χ0) is 25.6. The third kappa shape index (κ3) is 4.85. The average Bonchev–Trinajstić information content (AvgIpc) is 3.14. The molecule has 2 aliphatic heterocycles. The summed E-state index contributed by atoms with van der Waals surface area (Å²) in [5.74, 6) is -3.81. The van der Waals surface area contributed by atoms with E-state index in [1.807, 2.05) is 31.2 Å². The van der Waals surface area contributed by atoms with Gasteiger partial charge in [-0.3, -0.25) is 9.80 Å². The fourth-order valence-corrected chi connectivity index (χ4v) is 5.70. The Hall–Kier alpha value is -2.58. The molecule has 5 rings (SSSR count). The number of fused-ring (bicyclic) bond motifs is 3. The lowest BCUT2D eigenvalue weighted by Crippen LogP contribution is -2.48. The largest absolute Gasteiger partial charge is 0.492 e. The number of H-pyrrole nitrogens is 1. The lowest BCUT2D eigenvalue weighted by atomic mass is 9.87. The molecule has 2 aromatic carbocycles. The van der Waals surface area contributed by atoms with E-state index in [-0.39, 0.29) is 17.4 Å². The summed E-state index contributed by atoms with van der Waals surface area (Å²) in [4.78, 5) is 7.04. The normalized spacial score (nSPS) is 21.5. The molecule has 3 aromatic rings. The molecular weight excluding hydrogens is 470 g/mol. The molecule has 4 nitrogen and oxygen atoms in total. The molecule has 2 atom stereocenters. The van der Waals surface area contributed by atoms with Crippen LogP contribution in [0.2, 0.25) is 0 Å². The van der Waals surface area contributed by atoms with Crippen molar-refractivity contribution in [2.75, 3.05) is 32.8 Å². The standard InChI is InChI=1S/C28H33F4N3O/c1-4-18-14-34(15-18)9-10-36-19-12-22(29)25(23(30)13-19)27-26-21(20-7-5-6-8-24(20)33-26)11-17(2)35(27)16-28(3,31)32/h5-8,12-13,17-18,27,33H,4,9-11,14-16H2,1-3H3/t17-,27-/m1/s1. The number of hydrogen-bond donors (Lipinski definition) is 1. The number of aromatic nitrogens is 1. The van der Waals surface area contributed by atoms with Crippen LogP contribution in [0.4, 0.5) is 17.6 Å². The molecule has 1 N–H and O–H groups in total. The van der Waals surface area contributed by atoms with Gasteiger partial charge >= 0.3 is 0 Å². The molecule has 8 heteroatoms. The van der Waals surface area contributed by atoms with Crippen molar-refractivity contribution in [1.29, 1.82) is 0 Å². The Morgan fingerprint density at radius 3 is 2.47 bits per heavy atom. The van der Waals surface area contributed by atoms with Gasteiger partial charge in [0.05, 0.1) is 12.6 Å². The van der Waals surface area contributed by atoms with E-state index in [1.165, 1.54) is 17.0 Å². The first-order chi connectivity index (χ1) is 17.1. The number of nitrogens with one attached hydrogen (secondary N) is 1. The molecule has 0 unspecified atom stereocenters. The maximum absolute atomic E-state index is 15.6. The van der Waals surface area contributed by atoms with E-state index >= 15 is 8.78 Å². The summed E-state index contributed by atoms with van der Waals surface area (Å²) in [7, 11) is 0. The van der Waals surface area contributed by atoms with Gasteiger partial charge in [-0.25, -0.2) is 17.6 Å². The van der Waals surface area contributed by atoms with Gasteiger partial charge in [0.2, 0.25) is 0 Å². The summed E-state index contributed by atoms with van der Waals surface area (Å²) in [6, 6.07) is 8.60. The molecule has 194 valence electrons. The molecule has 3 heterocycles. The zero-order valence-corrected chi connectivity index (χ0v) is 21.0. The average molecular weight is 504 g/mol. The van der Waals surface area contributed by atoms with Gasteiger partial charge in [0.15, 0.2) is 0 Å². The minimum atomic E-state index is -3.03. The Bertz CT molecular complexity index is 1210. The molecule has 0 aliphatic carbocycles. The van der Waals surface area contributed by atoms with E-state index in [1.54, 1.807) is 0 Å². The fourth-order valence-electron chi connectivity index (χ4n) is 5.70. The van der Waals surface area contributed by atoms with Crippen LogP contribution in [-0.2, 0) is 6.42 Å². The number of para-hydroxylation sites is 1. The van der Waals surface area contributed by atoms with Crippen LogP contribution >= 0.6 is 0 Å². The third-order valence-electron chi connectivity index (χ3n) is 7.59. The summed E-state index contributed by atoms with van der Waals surface area (Å²) in [6.45, 7) is 7.28.